The minimum absolute atomic E-state index is 0.158. The van der Waals surface area contributed by atoms with Gasteiger partial charge in [-0.3, -0.25) is 0 Å². The van der Waals surface area contributed by atoms with E-state index in [1.54, 1.807) is 6.92 Å². The molecule has 1 aromatic carbocycles. The maximum atomic E-state index is 13.8. The molecule has 2 unspecified atom stereocenters. The van der Waals surface area contributed by atoms with E-state index in [1.807, 2.05) is 0 Å². The lowest BCUT2D eigenvalue weighted by Gasteiger charge is -2.22. The summed E-state index contributed by atoms with van der Waals surface area (Å²) < 4.78 is 67.3. The number of unbranched alkanes of at least 4 members (excludes halogenated alkanes) is 5. The maximum Gasteiger partial charge on any atom is 0.200 e. The first-order chi connectivity index (χ1) is 10.8. The van der Waals surface area contributed by atoms with Gasteiger partial charge in [0.05, 0.1) is 0 Å². The number of benzene rings is 1. The Kier molecular flexibility index (Phi) is 8.00. The summed E-state index contributed by atoms with van der Waals surface area (Å²) in [5, 5.41) is 0. The summed E-state index contributed by atoms with van der Waals surface area (Å²) in [7, 11) is 0. The standard InChI is InChI=1S/C18H25F5/c1-4-5-6-7-8-9-10-11(2)12(3)13-14(19)16(21)18(23)17(22)15(13)20/h11-12H,4-10H2,1-3H3. The van der Waals surface area contributed by atoms with E-state index in [4.69, 9.17) is 0 Å². The first-order valence-electron chi connectivity index (χ1n) is 8.34. The summed E-state index contributed by atoms with van der Waals surface area (Å²) in [6, 6.07) is 0. The lowest BCUT2D eigenvalue weighted by atomic mass is 9.84. The van der Waals surface area contributed by atoms with Crippen LogP contribution in [0.2, 0.25) is 0 Å². The van der Waals surface area contributed by atoms with Crippen molar-refractivity contribution in [2.24, 2.45) is 5.92 Å². The fourth-order valence-electron chi connectivity index (χ4n) is 2.80. The Morgan fingerprint density at radius 2 is 1.09 bits per heavy atom. The summed E-state index contributed by atoms with van der Waals surface area (Å²) in [6.07, 6.45) is 7.24. The van der Waals surface area contributed by atoms with Crippen LogP contribution in [-0.2, 0) is 0 Å². The Morgan fingerprint density at radius 1 is 0.652 bits per heavy atom. The molecular formula is C18H25F5. The van der Waals surface area contributed by atoms with Crippen LogP contribution >= 0.6 is 0 Å². The zero-order valence-electron chi connectivity index (χ0n) is 14.0. The van der Waals surface area contributed by atoms with Crippen molar-refractivity contribution in [3.8, 4) is 0 Å². The van der Waals surface area contributed by atoms with Gasteiger partial charge in [0.2, 0.25) is 5.82 Å². The van der Waals surface area contributed by atoms with E-state index in [2.05, 4.69) is 6.92 Å². The van der Waals surface area contributed by atoms with Gasteiger partial charge in [0.25, 0.3) is 0 Å². The molecule has 0 saturated heterocycles. The van der Waals surface area contributed by atoms with Crippen LogP contribution in [0, 0.1) is 35.0 Å². The van der Waals surface area contributed by atoms with Crippen molar-refractivity contribution in [2.75, 3.05) is 0 Å². The Labute approximate surface area is 135 Å². The quantitative estimate of drug-likeness (QED) is 0.200. The lowest BCUT2D eigenvalue weighted by Crippen LogP contribution is -2.15. The second-order valence-electron chi connectivity index (χ2n) is 6.31. The van der Waals surface area contributed by atoms with Gasteiger partial charge in [-0.15, -0.1) is 0 Å². The molecule has 0 fully saturated rings. The van der Waals surface area contributed by atoms with E-state index < -0.39 is 40.6 Å². The normalized spacial score (nSPS) is 14.1. The molecular weight excluding hydrogens is 311 g/mol. The molecule has 132 valence electrons. The van der Waals surface area contributed by atoms with E-state index in [0.717, 1.165) is 32.1 Å². The highest BCUT2D eigenvalue weighted by Gasteiger charge is 2.30. The van der Waals surface area contributed by atoms with E-state index in [9.17, 15) is 22.0 Å². The average Bonchev–Trinajstić information content (AvgIpc) is 2.54. The molecule has 0 aliphatic heterocycles. The number of rotatable bonds is 9. The van der Waals surface area contributed by atoms with E-state index in [0.29, 0.717) is 6.42 Å². The maximum absolute atomic E-state index is 13.8. The number of hydrogen-bond acceptors (Lipinski definition) is 0. The van der Waals surface area contributed by atoms with Gasteiger partial charge < -0.3 is 0 Å². The first-order valence-corrected chi connectivity index (χ1v) is 8.34. The molecule has 0 aromatic heterocycles. The minimum atomic E-state index is -2.10. The zero-order valence-corrected chi connectivity index (χ0v) is 14.0. The molecule has 0 saturated carbocycles. The molecule has 1 rings (SSSR count). The highest BCUT2D eigenvalue weighted by Crippen LogP contribution is 2.34. The van der Waals surface area contributed by atoms with Crippen molar-refractivity contribution in [3.63, 3.8) is 0 Å². The van der Waals surface area contributed by atoms with Crippen molar-refractivity contribution >= 4 is 0 Å². The third-order valence-corrected chi connectivity index (χ3v) is 4.57. The molecule has 5 heteroatoms. The van der Waals surface area contributed by atoms with Gasteiger partial charge in [0.1, 0.15) is 0 Å². The Hall–Kier alpha value is -1.13. The molecule has 0 aliphatic rings. The average molecular weight is 336 g/mol. The summed E-state index contributed by atoms with van der Waals surface area (Å²) in [6.45, 7) is 5.43. The molecule has 0 heterocycles. The third kappa shape index (κ3) is 4.92. The number of hydrogen-bond donors (Lipinski definition) is 0. The fraction of sp³-hybridized carbons (Fsp3) is 0.667. The largest absolute Gasteiger partial charge is 0.203 e. The summed E-state index contributed by atoms with van der Waals surface area (Å²) in [4.78, 5) is 0. The SMILES string of the molecule is CCCCCCCCC(C)C(C)c1c(F)c(F)c(F)c(F)c1F. The molecule has 0 nitrogen and oxygen atoms in total. The Balaban J connectivity index is 2.72. The van der Waals surface area contributed by atoms with Crippen LogP contribution < -0.4 is 0 Å². The molecule has 0 aliphatic carbocycles. The Morgan fingerprint density at radius 3 is 1.61 bits per heavy atom. The molecule has 1 aromatic rings. The van der Waals surface area contributed by atoms with Crippen LogP contribution in [0.3, 0.4) is 0 Å². The van der Waals surface area contributed by atoms with Crippen molar-refractivity contribution in [3.05, 3.63) is 34.6 Å². The monoisotopic (exact) mass is 336 g/mol. The van der Waals surface area contributed by atoms with Gasteiger partial charge >= 0.3 is 0 Å². The van der Waals surface area contributed by atoms with Gasteiger partial charge in [-0.25, -0.2) is 22.0 Å². The lowest BCUT2D eigenvalue weighted by molar-refractivity contribution is 0.345. The van der Waals surface area contributed by atoms with E-state index >= 15 is 0 Å². The van der Waals surface area contributed by atoms with Crippen molar-refractivity contribution in [1.82, 2.24) is 0 Å². The molecule has 23 heavy (non-hydrogen) atoms. The summed E-state index contributed by atoms with van der Waals surface area (Å²) in [5.74, 6) is -10.1. The van der Waals surface area contributed by atoms with Crippen LogP contribution in [0.15, 0.2) is 0 Å². The van der Waals surface area contributed by atoms with E-state index in [1.165, 1.54) is 13.3 Å². The topological polar surface area (TPSA) is 0 Å². The Bertz CT molecular complexity index is 484. The fourth-order valence-corrected chi connectivity index (χ4v) is 2.80. The van der Waals surface area contributed by atoms with Gasteiger partial charge in [-0.1, -0.05) is 65.7 Å². The van der Waals surface area contributed by atoms with Gasteiger partial charge in [0, 0.05) is 5.56 Å². The smallest absolute Gasteiger partial charge is 0.200 e. The predicted molar refractivity (Wildman–Crippen MR) is 81.8 cm³/mol. The second-order valence-corrected chi connectivity index (χ2v) is 6.31. The minimum Gasteiger partial charge on any atom is -0.203 e. The molecule has 0 amide bonds. The van der Waals surface area contributed by atoms with Crippen molar-refractivity contribution in [1.29, 1.82) is 0 Å². The van der Waals surface area contributed by atoms with Gasteiger partial charge in [-0.05, 0) is 11.8 Å². The molecule has 0 bridgehead atoms. The predicted octanol–water partition coefficient (Wildman–Crippen LogP) is 6.87. The van der Waals surface area contributed by atoms with Crippen LogP contribution in [0.4, 0.5) is 22.0 Å². The van der Waals surface area contributed by atoms with Crippen LogP contribution in [0.5, 0.6) is 0 Å². The van der Waals surface area contributed by atoms with Gasteiger partial charge in [-0.2, -0.15) is 0 Å². The van der Waals surface area contributed by atoms with Crippen molar-refractivity contribution < 1.29 is 22.0 Å². The number of halogens is 5. The second kappa shape index (κ2) is 9.24. The van der Waals surface area contributed by atoms with Crippen LogP contribution in [0.1, 0.15) is 77.2 Å². The highest BCUT2D eigenvalue weighted by molar-refractivity contribution is 5.27. The van der Waals surface area contributed by atoms with Crippen molar-refractivity contribution in [2.45, 2.75) is 71.6 Å². The van der Waals surface area contributed by atoms with Crippen LogP contribution in [0.25, 0.3) is 0 Å². The zero-order chi connectivity index (χ0) is 17.6. The highest BCUT2D eigenvalue weighted by atomic mass is 19.2. The van der Waals surface area contributed by atoms with Crippen LogP contribution in [-0.4, -0.2) is 0 Å². The third-order valence-electron chi connectivity index (χ3n) is 4.57. The summed E-state index contributed by atoms with van der Waals surface area (Å²) in [5.41, 5.74) is -0.695. The van der Waals surface area contributed by atoms with Gasteiger partial charge in [0.15, 0.2) is 23.3 Å². The molecule has 0 spiro atoms. The van der Waals surface area contributed by atoms with E-state index in [-0.39, 0.29) is 5.92 Å². The molecule has 0 N–H and O–H groups in total. The molecule has 0 radical (unpaired) electrons. The molecule has 2 atom stereocenters. The first kappa shape index (κ1) is 19.9. The summed E-state index contributed by atoms with van der Waals surface area (Å²) >= 11 is 0.